The van der Waals surface area contributed by atoms with Gasteiger partial charge >= 0.3 is 0 Å². The van der Waals surface area contributed by atoms with Crippen LogP contribution < -0.4 is 14.2 Å². The predicted octanol–water partition coefficient (Wildman–Crippen LogP) is 3.19. The molecule has 0 radical (unpaired) electrons. The van der Waals surface area contributed by atoms with E-state index in [2.05, 4.69) is 6.92 Å². The summed E-state index contributed by atoms with van der Waals surface area (Å²) in [4.78, 5) is 0. The zero-order valence-electron chi connectivity index (χ0n) is 10.5. The lowest BCUT2D eigenvalue weighted by Gasteiger charge is -2.13. The van der Waals surface area contributed by atoms with Crippen molar-refractivity contribution >= 4 is 0 Å². The van der Waals surface area contributed by atoms with Gasteiger partial charge < -0.3 is 14.2 Å². The normalized spacial score (nSPS) is 10.0. The average Bonchev–Trinajstić information content (AvgIpc) is 2.31. The smallest absolute Gasteiger partial charge is 0.164 e. The average molecular weight is 224 g/mol. The van der Waals surface area contributed by atoms with Crippen molar-refractivity contribution in [1.29, 1.82) is 0 Å². The van der Waals surface area contributed by atoms with Crippen LogP contribution >= 0.6 is 0 Å². The molecule has 0 aromatic heterocycles. The van der Waals surface area contributed by atoms with E-state index in [1.807, 2.05) is 19.1 Å². The van der Waals surface area contributed by atoms with Crippen LogP contribution in [0.2, 0.25) is 0 Å². The van der Waals surface area contributed by atoms with Gasteiger partial charge in [-0.05, 0) is 25.0 Å². The Balaban J connectivity index is 2.84. The first-order valence-electron chi connectivity index (χ1n) is 5.58. The number of rotatable bonds is 6. The predicted molar refractivity (Wildman–Crippen MR) is 64.7 cm³/mol. The molecule has 0 aliphatic heterocycles. The van der Waals surface area contributed by atoms with E-state index in [0.717, 1.165) is 36.5 Å². The highest BCUT2D eigenvalue weighted by Gasteiger charge is 2.08. The number of ether oxygens (including phenoxy) is 3. The van der Waals surface area contributed by atoms with Gasteiger partial charge in [0, 0.05) is 6.07 Å². The maximum Gasteiger partial charge on any atom is 0.164 e. The second kappa shape index (κ2) is 6.26. The molecule has 0 spiro atoms. The molecule has 0 aliphatic carbocycles. The Morgan fingerprint density at radius 1 is 1.00 bits per heavy atom. The summed E-state index contributed by atoms with van der Waals surface area (Å²) in [5.74, 6) is 2.31. The molecule has 1 rings (SSSR count). The van der Waals surface area contributed by atoms with Gasteiger partial charge in [-0.2, -0.15) is 0 Å². The highest BCUT2D eigenvalue weighted by atomic mass is 16.5. The van der Waals surface area contributed by atoms with Crippen LogP contribution in [-0.2, 0) is 0 Å². The highest BCUT2D eigenvalue weighted by Crippen LogP contribution is 2.34. The molecule has 0 aliphatic rings. The minimum Gasteiger partial charge on any atom is -0.493 e. The molecule has 1 aromatic carbocycles. The quantitative estimate of drug-likeness (QED) is 0.694. The van der Waals surface area contributed by atoms with Gasteiger partial charge in [0.2, 0.25) is 0 Å². The third kappa shape index (κ3) is 3.05. The Hall–Kier alpha value is -1.38. The first-order valence-corrected chi connectivity index (χ1v) is 5.58. The van der Waals surface area contributed by atoms with Crippen LogP contribution in [0.1, 0.15) is 25.3 Å². The van der Waals surface area contributed by atoms with Crippen LogP contribution in [0.4, 0.5) is 0 Å². The topological polar surface area (TPSA) is 27.7 Å². The molecule has 0 amide bonds. The molecule has 0 bridgehead atoms. The van der Waals surface area contributed by atoms with E-state index < -0.39 is 0 Å². The third-order valence-electron chi connectivity index (χ3n) is 2.44. The van der Waals surface area contributed by atoms with Crippen LogP contribution in [0.3, 0.4) is 0 Å². The minimum atomic E-state index is 0.708. The van der Waals surface area contributed by atoms with Gasteiger partial charge in [-0.25, -0.2) is 0 Å². The van der Waals surface area contributed by atoms with Crippen LogP contribution in [0.5, 0.6) is 17.2 Å². The van der Waals surface area contributed by atoms with Gasteiger partial charge in [0.1, 0.15) is 5.75 Å². The number of unbranched alkanes of at least 4 members (excludes halogenated alkanes) is 1. The van der Waals surface area contributed by atoms with E-state index in [1.54, 1.807) is 14.2 Å². The molecule has 0 fully saturated rings. The van der Waals surface area contributed by atoms with Crippen molar-refractivity contribution in [3.05, 3.63) is 17.7 Å². The second-order valence-corrected chi connectivity index (χ2v) is 3.67. The fraction of sp³-hybridized carbons (Fsp3) is 0.538. The molecule has 0 atom stereocenters. The van der Waals surface area contributed by atoms with Crippen molar-refractivity contribution in [3.63, 3.8) is 0 Å². The molecule has 0 heterocycles. The standard InChI is InChI=1S/C13H20O3/c1-5-6-7-16-11-9-13(15-4)12(14-3)8-10(11)2/h8-9H,5-7H2,1-4H3. The highest BCUT2D eigenvalue weighted by molar-refractivity contribution is 5.50. The lowest BCUT2D eigenvalue weighted by Crippen LogP contribution is -2.00. The van der Waals surface area contributed by atoms with Gasteiger partial charge in [0.05, 0.1) is 20.8 Å². The third-order valence-corrected chi connectivity index (χ3v) is 2.44. The number of aryl methyl sites for hydroxylation is 1. The molecule has 3 nitrogen and oxygen atoms in total. The maximum absolute atomic E-state index is 5.68. The summed E-state index contributed by atoms with van der Waals surface area (Å²) in [5.41, 5.74) is 1.06. The van der Waals surface area contributed by atoms with Crippen LogP contribution in [0.25, 0.3) is 0 Å². The van der Waals surface area contributed by atoms with Crippen LogP contribution in [-0.4, -0.2) is 20.8 Å². The Morgan fingerprint density at radius 3 is 2.19 bits per heavy atom. The molecular formula is C13H20O3. The molecule has 3 heteroatoms. The molecule has 0 saturated carbocycles. The zero-order valence-corrected chi connectivity index (χ0v) is 10.5. The Bertz CT molecular complexity index is 334. The monoisotopic (exact) mass is 224 g/mol. The van der Waals surface area contributed by atoms with Gasteiger partial charge in [-0.1, -0.05) is 13.3 Å². The second-order valence-electron chi connectivity index (χ2n) is 3.67. The summed E-state index contributed by atoms with van der Waals surface area (Å²) in [7, 11) is 3.26. The Kier molecular flexibility index (Phi) is 4.96. The lowest BCUT2D eigenvalue weighted by molar-refractivity contribution is 0.301. The SMILES string of the molecule is CCCCOc1cc(OC)c(OC)cc1C. The number of benzene rings is 1. The van der Waals surface area contributed by atoms with Crippen molar-refractivity contribution in [2.24, 2.45) is 0 Å². The molecule has 0 unspecified atom stereocenters. The van der Waals surface area contributed by atoms with Gasteiger partial charge in [0.25, 0.3) is 0 Å². The Labute approximate surface area is 97.3 Å². The van der Waals surface area contributed by atoms with Crippen molar-refractivity contribution in [2.75, 3.05) is 20.8 Å². The summed E-state index contributed by atoms with van der Waals surface area (Å²) in [6.45, 7) is 4.89. The van der Waals surface area contributed by atoms with E-state index in [0.29, 0.717) is 5.75 Å². The Morgan fingerprint density at radius 2 is 1.62 bits per heavy atom. The van der Waals surface area contributed by atoms with Crippen molar-refractivity contribution in [2.45, 2.75) is 26.7 Å². The van der Waals surface area contributed by atoms with E-state index in [-0.39, 0.29) is 0 Å². The molecule has 1 aromatic rings. The van der Waals surface area contributed by atoms with E-state index in [4.69, 9.17) is 14.2 Å². The molecule has 16 heavy (non-hydrogen) atoms. The fourth-order valence-corrected chi connectivity index (χ4v) is 1.44. The van der Waals surface area contributed by atoms with Crippen LogP contribution in [0.15, 0.2) is 12.1 Å². The first-order chi connectivity index (χ1) is 7.72. The van der Waals surface area contributed by atoms with Crippen molar-refractivity contribution < 1.29 is 14.2 Å². The van der Waals surface area contributed by atoms with Gasteiger partial charge in [0.15, 0.2) is 11.5 Å². The molecule has 90 valence electrons. The van der Waals surface area contributed by atoms with E-state index >= 15 is 0 Å². The molecule has 0 N–H and O–H groups in total. The summed E-state index contributed by atoms with van der Waals surface area (Å²) >= 11 is 0. The first kappa shape index (κ1) is 12.7. The molecular weight excluding hydrogens is 204 g/mol. The summed E-state index contributed by atoms with van der Waals surface area (Å²) in [5, 5.41) is 0. The maximum atomic E-state index is 5.68. The van der Waals surface area contributed by atoms with Crippen LogP contribution in [0, 0.1) is 6.92 Å². The van der Waals surface area contributed by atoms with Crippen molar-refractivity contribution in [1.82, 2.24) is 0 Å². The summed E-state index contributed by atoms with van der Waals surface area (Å²) in [6.07, 6.45) is 2.19. The summed E-state index contributed by atoms with van der Waals surface area (Å²) < 4.78 is 16.1. The number of hydrogen-bond donors (Lipinski definition) is 0. The zero-order chi connectivity index (χ0) is 12.0. The van der Waals surface area contributed by atoms with Gasteiger partial charge in [-0.3, -0.25) is 0 Å². The minimum absolute atomic E-state index is 0.708. The number of hydrogen-bond acceptors (Lipinski definition) is 3. The lowest BCUT2D eigenvalue weighted by atomic mass is 10.2. The van der Waals surface area contributed by atoms with Gasteiger partial charge in [-0.15, -0.1) is 0 Å². The van der Waals surface area contributed by atoms with E-state index in [1.165, 1.54) is 0 Å². The fourth-order valence-electron chi connectivity index (χ4n) is 1.44. The molecule has 0 saturated heterocycles. The van der Waals surface area contributed by atoms with E-state index in [9.17, 15) is 0 Å². The summed E-state index contributed by atoms with van der Waals surface area (Å²) in [6, 6.07) is 3.81. The largest absolute Gasteiger partial charge is 0.493 e. The van der Waals surface area contributed by atoms with Crippen molar-refractivity contribution in [3.8, 4) is 17.2 Å². The number of methoxy groups -OCH3 is 2.